The number of hydrogen-bond donors (Lipinski definition) is 1. The van der Waals surface area contributed by atoms with E-state index in [1.165, 1.54) is 0 Å². The summed E-state index contributed by atoms with van der Waals surface area (Å²) in [6.07, 6.45) is 0. The average molecular weight is 362 g/mol. The highest BCUT2D eigenvalue weighted by Gasteiger charge is 2.23. The molecule has 0 radical (unpaired) electrons. The number of benzene rings is 1. The number of nitro groups is 1. The van der Waals surface area contributed by atoms with Crippen LogP contribution < -0.4 is 5.32 Å². The molecule has 0 saturated heterocycles. The maximum absolute atomic E-state index is 13.6. The Morgan fingerprint density at radius 3 is 2.52 bits per heavy atom. The Balaban J connectivity index is 3.04. The summed E-state index contributed by atoms with van der Waals surface area (Å²) in [5, 5.41) is 13.7. The number of carbonyl (C=O) groups excluding carboxylic acids is 1. The van der Waals surface area contributed by atoms with Gasteiger partial charge >= 0.3 is 0 Å². The predicted octanol–water partition coefficient (Wildman–Crippen LogP) is 3.17. The largest absolute Gasteiger partial charge is 0.368 e. The van der Waals surface area contributed by atoms with Crippen LogP contribution in [-0.4, -0.2) is 34.9 Å². The lowest BCUT2D eigenvalue weighted by molar-refractivity contribution is -0.384. The van der Waals surface area contributed by atoms with Crippen LogP contribution in [0.3, 0.4) is 0 Å². The normalized spacial score (nSPS) is 11.9. The van der Waals surface area contributed by atoms with E-state index in [4.69, 9.17) is 0 Å². The topological polar surface area (TPSA) is 75.5 Å². The Labute approximate surface area is 130 Å². The van der Waals surface area contributed by atoms with E-state index in [0.29, 0.717) is 13.1 Å². The molecule has 0 aliphatic carbocycles. The van der Waals surface area contributed by atoms with Crippen LogP contribution in [0.2, 0.25) is 0 Å². The molecule has 1 amide bonds. The van der Waals surface area contributed by atoms with E-state index in [2.05, 4.69) is 21.2 Å². The molecular weight excluding hydrogens is 345 g/mol. The number of carbonyl (C=O) groups is 1. The fourth-order valence-corrected chi connectivity index (χ4v) is 2.24. The van der Waals surface area contributed by atoms with Crippen molar-refractivity contribution >= 4 is 33.2 Å². The highest BCUT2D eigenvalue weighted by molar-refractivity contribution is 9.10. The van der Waals surface area contributed by atoms with Crippen molar-refractivity contribution in [1.82, 2.24) is 4.90 Å². The molecule has 1 aromatic carbocycles. The van der Waals surface area contributed by atoms with Crippen molar-refractivity contribution in [2.75, 3.05) is 18.4 Å². The van der Waals surface area contributed by atoms with Gasteiger partial charge in [0.15, 0.2) is 0 Å². The highest BCUT2D eigenvalue weighted by atomic mass is 79.9. The van der Waals surface area contributed by atoms with E-state index in [1.54, 1.807) is 11.8 Å². The van der Waals surface area contributed by atoms with Gasteiger partial charge in [0.2, 0.25) is 5.91 Å². The molecule has 0 heterocycles. The van der Waals surface area contributed by atoms with Gasteiger partial charge in [-0.2, -0.15) is 0 Å². The molecule has 0 saturated carbocycles. The minimum absolute atomic E-state index is 0.00229. The van der Waals surface area contributed by atoms with Gasteiger partial charge in [0.25, 0.3) is 5.69 Å². The van der Waals surface area contributed by atoms with E-state index in [-0.39, 0.29) is 21.8 Å². The number of anilines is 1. The number of nitrogens with one attached hydrogen (secondary N) is 1. The van der Waals surface area contributed by atoms with E-state index in [9.17, 15) is 19.3 Å². The van der Waals surface area contributed by atoms with Gasteiger partial charge in [0.1, 0.15) is 17.5 Å². The number of amides is 1. The Hall–Kier alpha value is -1.70. The molecule has 21 heavy (non-hydrogen) atoms. The van der Waals surface area contributed by atoms with Crippen molar-refractivity contribution in [2.24, 2.45) is 0 Å². The van der Waals surface area contributed by atoms with Crippen molar-refractivity contribution in [3.05, 3.63) is 32.5 Å². The van der Waals surface area contributed by atoms with Crippen LogP contribution in [0.4, 0.5) is 15.8 Å². The van der Waals surface area contributed by atoms with Crippen molar-refractivity contribution in [2.45, 2.75) is 26.8 Å². The van der Waals surface area contributed by atoms with Crippen LogP contribution in [0.1, 0.15) is 20.8 Å². The summed E-state index contributed by atoms with van der Waals surface area (Å²) in [6.45, 7) is 6.35. The zero-order valence-corrected chi connectivity index (χ0v) is 13.6. The molecule has 1 unspecified atom stereocenters. The number of nitrogens with zero attached hydrogens (tertiary/aromatic N) is 2. The van der Waals surface area contributed by atoms with Gasteiger partial charge in [-0.1, -0.05) is 0 Å². The van der Waals surface area contributed by atoms with Gasteiger partial charge in [-0.05, 0) is 36.7 Å². The number of likely N-dealkylation sites (N-methyl/N-ethyl adjacent to an activating group) is 1. The first-order valence-corrected chi connectivity index (χ1v) is 7.29. The molecule has 1 rings (SSSR count). The molecule has 0 aliphatic rings. The lowest BCUT2D eigenvalue weighted by atomic mass is 10.2. The van der Waals surface area contributed by atoms with Crippen LogP contribution in [0.5, 0.6) is 0 Å². The van der Waals surface area contributed by atoms with Crippen LogP contribution in [0, 0.1) is 15.9 Å². The monoisotopic (exact) mass is 361 g/mol. The summed E-state index contributed by atoms with van der Waals surface area (Å²) in [5.74, 6) is -0.830. The molecule has 0 bridgehead atoms. The number of halogens is 2. The summed E-state index contributed by atoms with van der Waals surface area (Å²) in [7, 11) is 0. The second-order valence-corrected chi connectivity index (χ2v) is 5.27. The van der Waals surface area contributed by atoms with Crippen molar-refractivity contribution < 1.29 is 14.1 Å². The minimum atomic E-state index is -0.691. The third kappa shape index (κ3) is 4.13. The molecule has 1 atom stereocenters. The number of hydrogen-bond acceptors (Lipinski definition) is 4. The third-order valence-electron chi connectivity index (χ3n) is 3.05. The van der Waals surface area contributed by atoms with Gasteiger partial charge in [-0.3, -0.25) is 14.9 Å². The molecule has 0 aromatic heterocycles. The lowest BCUT2D eigenvalue weighted by Gasteiger charge is -2.24. The molecule has 0 spiro atoms. The fourth-order valence-electron chi connectivity index (χ4n) is 1.91. The van der Waals surface area contributed by atoms with Crippen LogP contribution in [0.15, 0.2) is 16.6 Å². The van der Waals surface area contributed by atoms with E-state index in [1.807, 2.05) is 13.8 Å². The van der Waals surface area contributed by atoms with Crippen molar-refractivity contribution in [3.8, 4) is 0 Å². The zero-order chi connectivity index (χ0) is 16.2. The van der Waals surface area contributed by atoms with Crippen molar-refractivity contribution in [1.29, 1.82) is 0 Å². The predicted molar refractivity (Wildman–Crippen MR) is 81.8 cm³/mol. The Morgan fingerprint density at radius 1 is 1.48 bits per heavy atom. The third-order valence-corrected chi connectivity index (χ3v) is 3.66. The average Bonchev–Trinajstić information content (AvgIpc) is 2.43. The van der Waals surface area contributed by atoms with E-state index in [0.717, 1.165) is 12.1 Å². The molecule has 0 fully saturated rings. The molecular formula is C13H17BrFN3O3. The first-order valence-electron chi connectivity index (χ1n) is 6.50. The van der Waals surface area contributed by atoms with Gasteiger partial charge in [0, 0.05) is 25.2 Å². The van der Waals surface area contributed by atoms with Gasteiger partial charge in [0.05, 0.1) is 9.40 Å². The first kappa shape index (κ1) is 17.4. The first-order chi connectivity index (χ1) is 9.81. The van der Waals surface area contributed by atoms with E-state index < -0.39 is 16.8 Å². The molecule has 116 valence electrons. The Bertz CT molecular complexity index is 550. The lowest BCUT2D eigenvalue weighted by Crippen LogP contribution is -2.41. The second kappa shape index (κ2) is 7.35. The molecule has 1 aromatic rings. The summed E-state index contributed by atoms with van der Waals surface area (Å²) >= 11 is 2.91. The number of nitro benzene ring substituents is 1. The summed E-state index contributed by atoms with van der Waals surface area (Å²) < 4.78 is 13.6. The van der Waals surface area contributed by atoms with Crippen LogP contribution >= 0.6 is 15.9 Å². The Morgan fingerprint density at radius 2 is 2.05 bits per heavy atom. The molecule has 6 nitrogen and oxygen atoms in total. The highest BCUT2D eigenvalue weighted by Crippen LogP contribution is 2.31. The van der Waals surface area contributed by atoms with Crippen LogP contribution in [0.25, 0.3) is 0 Å². The maximum Gasteiger partial charge on any atom is 0.293 e. The molecule has 1 N–H and O–H groups in total. The maximum atomic E-state index is 13.6. The Kier molecular flexibility index (Phi) is 6.07. The van der Waals surface area contributed by atoms with Crippen LogP contribution in [-0.2, 0) is 4.79 Å². The SMILES string of the molecule is CCN(CC)C(=O)C(C)Nc1cc(F)c(Br)cc1[N+](=O)[O-]. The summed E-state index contributed by atoms with van der Waals surface area (Å²) in [5.41, 5.74) is -0.309. The summed E-state index contributed by atoms with van der Waals surface area (Å²) in [6, 6.07) is 1.39. The van der Waals surface area contributed by atoms with Gasteiger partial charge in [-0.15, -0.1) is 0 Å². The smallest absolute Gasteiger partial charge is 0.293 e. The zero-order valence-electron chi connectivity index (χ0n) is 12.0. The fraction of sp³-hybridized carbons (Fsp3) is 0.462. The van der Waals surface area contributed by atoms with Crippen molar-refractivity contribution in [3.63, 3.8) is 0 Å². The molecule has 8 heteroatoms. The van der Waals surface area contributed by atoms with E-state index >= 15 is 0 Å². The molecule has 0 aliphatic heterocycles. The summed E-state index contributed by atoms with van der Waals surface area (Å²) in [4.78, 5) is 24.1. The van der Waals surface area contributed by atoms with Gasteiger partial charge < -0.3 is 10.2 Å². The quantitative estimate of drug-likeness (QED) is 0.623. The van der Waals surface area contributed by atoms with Gasteiger partial charge in [-0.25, -0.2) is 4.39 Å². The standard InChI is InChI=1S/C13H17BrFN3O3/c1-4-17(5-2)13(19)8(3)16-11-7-10(15)9(14)6-12(11)18(20)21/h6-8,16H,4-5H2,1-3H3. The minimum Gasteiger partial charge on any atom is -0.368 e. The second-order valence-electron chi connectivity index (χ2n) is 4.42. The number of rotatable bonds is 6.